The van der Waals surface area contributed by atoms with Gasteiger partial charge in [-0.2, -0.15) is 0 Å². The summed E-state index contributed by atoms with van der Waals surface area (Å²) in [7, 11) is -3.25. The molecule has 0 spiro atoms. The maximum Gasteiger partial charge on any atom is 0.269 e. The van der Waals surface area contributed by atoms with Crippen molar-refractivity contribution in [1.82, 2.24) is 5.32 Å². The van der Waals surface area contributed by atoms with Crippen LogP contribution in [0.5, 0.6) is 0 Å². The lowest BCUT2D eigenvalue weighted by atomic mass is 10.1. The minimum absolute atomic E-state index is 0.0832. The highest BCUT2D eigenvalue weighted by atomic mass is 32.2. The Hall–Kier alpha value is -2.00. The molecule has 2 N–H and O–H groups in total. The fraction of sp³-hybridized carbons (Fsp3) is 0.562. The molecule has 1 saturated carbocycles. The molecule has 1 aromatic carbocycles. The number of rotatable bonds is 8. The molecule has 0 bridgehead atoms. The Bertz CT molecular complexity index is 711. The molecule has 1 aromatic rings. The van der Waals surface area contributed by atoms with Gasteiger partial charge in [0.15, 0.2) is 9.84 Å². The van der Waals surface area contributed by atoms with Gasteiger partial charge in [0.1, 0.15) is 0 Å². The molecule has 0 heterocycles. The van der Waals surface area contributed by atoms with E-state index in [2.05, 4.69) is 5.32 Å². The third-order valence-corrected chi connectivity index (χ3v) is 6.67. The molecule has 1 amide bonds. The Morgan fingerprint density at radius 3 is 2.44 bits per heavy atom. The molecule has 1 atom stereocenters. The van der Waals surface area contributed by atoms with Gasteiger partial charge in [-0.25, -0.2) is 8.42 Å². The number of amides is 1. The number of nitrogens with zero attached hydrogens (tertiary/aromatic N) is 1. The van der Waals surface area contributed by atoms with Gasteiger partial charge in [-0.05, 0) is 30.5 Å². The van der Waals surface area contributed by atoms with Crippen LogP contribution in [-0.4, -0.2) is 41.9 Å². The summed E-state index contributed by atoms with van der Waals surface area (Å²) < 4.78 is 24.2. The largest absolute Gasteiger partial charge is 0.387 e. The van der Waals surface area contributed by atoms with E-state index in [0.717, 1.165) is 12.8 Å². The summed E-state index contributed by atoms with van der Waals surface area (Å²) in [4.78, 5) is 21.9. The fourth-order valence-electron chi connectivity index (χ4n) is 2.88. The summed E-state index contributed by atoms with van der Waals surface area (Å²) in [5.41, 5.74) is 0.349. The summed E-state index contributed by atoms with van der Waals surface area (Å²) in [5, 5.41) is 22.7. The van der Waals surface area contributed by atoms with Crippen LogP contribution in [0.25, 0.3) is 0 Å². The molecule has 0 aromatic heterocycles. The molecule has 8 nitrogen and oxygen atoms in total. The van der Waals surface area contributed by atoms with Crippen LogP contribution < -0.4 is 5.32 Å². The molecule has 0 radical (unpaired) electrons. The first-order valence-corrected chi connectivity index (χ1v) is 9.92. The van der Waals surface area contributed by atoms with Crippen LogP contribution in [0, 0.1) is 10.1 Å². The predicted molar refractivity (Wildman–Crippen MR) is 91.7 cm³/mol. The van der Waals surface area contributed by atoms with E-state index in [-0.39, 0.29) is 29.7 Å². The van der Waals surface area contributed by atoms with Crippen molar-refractivity contribution >= 4 is 21.4 Å². The van der Waals surface area contributed by atoms with Gasteiger partial charge in [0, 0.05) is 25.1 Å². The van der Waals surface area contributed by atoms with E-state index >= 15 is 0 Å². The molecule has 2 rings (SSSR count). The minimum atomic E-state index is -3.25. The summed E-state index contributed by atoms with van der Waals surface area (Å²) in [5.74, 6) is -0.626. The van der Waals surface area contributed by atoms with Crippen molar-refractivity contribution in [2.75, 3.05) is 12.3 Å². The lowest BCUT2D eigenvalue weighted by Crippen LogP contribution is -2.31. The second-order valence-corrected chi connectivity index (χ2v) is 8.59. The van der Waals surface area contributed by atoms with Crippen LogP contribution in [-0.2, 0) is 14.6 Å². The topological polar surface area (TPSA) is 127 Å². The highest BCUT2D eigenvalue weighted by Gasteiger charge is 2.28. The third-order valence-electron chi connectivity index (χ3n) is 4.40. The van der Waals surface area contributed by atoms with Gasteiger partial charge >= 0.3 is 0 Å². The number of nitrogens with one attached hydrogen (secondary N) is 1. The number of carbonyl (C=O) groups excluding carboxylic acids is 1. The zero-order valence-corrected chi connectivity index (χ0v) is 14.6. The smallest absolute Gasteiger partial charge is 0.269 e. The van der Waals surface area contributed by atoms with Crippen LogP contribution in [0.15, 0.2) is 24.3 Å². The number of sulfone groups is 1. The Kier molecular flexibility index (Phi) is 6.49. The third kappa shape index (κ3) is 5.50. The SMILES string of the molecule is O=C(CCS(=O)(=O)C1CCCC1)NCC(O)c1ccc([N+](=O)[O-])cc1. The fourth-order valence-corrected chi connectivity index (χ4v) is 4.74. The number of non-ortho nitro benzene ring substituents is 1. The van der Waals surface area contributed by atoms with Gasteiger partial charge in [0.2, 0.25) is 5.91 Å². The van der Waals surface area contributed by atoms with Crippen molar-refractivity contribution in [2.24, 2.45) is 0 Å². The quantitative estimate of drug-likeness (QED) is 0.527. The molecule has 1 aliphatic rings. The lowest BCUT2D eigenvalue weighted by Gasteiger charge is -2.13. The average molecular weight is 370 g/mol. The van der Waals surface area contributed by atoms with Crippen molar-refractivity contribution < 1.29 is 23.2 Å². The zero-order valence-electron chi connectivity index (χ0n) is 13.8. The number of nitro groups is 1. The number of hydrogen-bond donors (Lipinski definition) is 2. The molecule has 1 fully saturated rings. The molecule has 0 aliphatic heterocycles. The Balaban J connectivity index is 1.78. The normalized spacial score (nSPS) is 16.5. The van der Waals surface area contributed by atoms with Crippen LogP contribution in [0.2, 0.25) is 0 Å². The number of aliphatic hydroxyl groups excluding tert-OH is 1. The van der Waals surface area contributed by atoms with Crippen molar-refractivity contribution in [3.63, 3.8) is 0 Å². The molecular weight excluding hydrogens is 348 g/mol. The standard InChI is InChI=1S/C16H22N2O6S/c19-15(12-5-7-13(8-6-12)18(21)22)11-17-16(20)9-10-25(23,24)14-3-1-2-4-14/h5-8,14-15,19H,1-4,9-11H2,(H,17,20). The number of nitro benzene ring substituents is 1. The zero-order chi connectivity index (χ0) is 18.4. The van der Waals surface area contributed by atoms with Crippen LogP contribution in [0.4, 0.5) is 5.69 Å². The molecule has 25 heavy (non-hydrogen) atoms. The van der Waals surface area contributed by atoms with Gasteiger partial charge in [0.05, 0.1) is 22.0 Å². The van der Waals surface area contributed by atoms with Crippen LogP contribution >= 0.6 is 0 Å². The van der Waals surface area contributed by atoms with Crippen molar-refractivity contribution in [3.8, 4) is 0 Å². The first-order chi connectivity index (χ1) is 11.8. The van der Waals surface area contributed by atoms with Gasteiger partial charge in [-0.1, -0.05) is 12.8 Å². The minimum Gasteiger partial charge on any atom is -0.387 e. The molecule has 0 saturated heterocycles. The van der Waals surface area contributed by atoms with E-state index in [1.807, 2.05) is 0 Å². The first-order valence-electron chi connectivity index (χ1n) is 8.20. The monoisotopic (exact) mass is 370 g/mol. The average Bonchev–Trinajstić information content (AvgIpc) is 3.13. The van der Waals surface area contributed by atoms with E-state index in [1.54, 1.807) is 0 Å². The van der Waals surface area contributed by atoms with E-state index in [1.165, 1.54) is 24.3 Å². The Labute approximate surface area is 146 Å². The summed E-state index contributed by atoms with van der Waals surface area (Å²) in [6.45, 7) is -0.0832. The molecule has 1 unspecified atom stereocenters. The molecule has 9 heteroatoms. The summed E-state index contributed by atoms with van der Waals surface area (Å²) in [6, 6.07) is 5.38. The summed E-state index contributed by atoms with van der Waals surface area (Å²) >= 11 is 0. The van der Waals surface area contributed by atoms with Gasteiger partial charge < -0.3 is 10.4 Å². The van der Waals surface area contributed by atoms with E-state index in [0.29, 0.717) is 18.4 Å². The van der Waals surface area contributed by atoms with Crippen molar-refractivity contribution in [1.29, 1.82) is 0 Å². The number of hydrogen-bond acceptors (Lipinski definition) is 6. The van der Waals surface area contributed by atoms with Gasteiger partial charge in [0.25, 0.3) is 5.69 Å². The van der Waals surface area contributed by atoms with Gasteiger partial charge in [-0.3, -0.25) is 14.9 Å². The van der Waals surface area contributed by atoms with E-state index in [4.69, 9.17) is 0 Å². The van der Waals surface area contributed by atoms with Crippen LogP contribution in [0.3, 0.4) is 0 Å². The second-order valence-electron chi connectivity index (χ2n) is 6.19. The number of benzene rings is 1. The predicted octanol–water partition coefficient (Wildman–Crippen LogP) is 1.49. The second kappa shape index (κ2) is 8.39. The maximum atomic E-state index is 12.1. The maximum absolute atomic E-state index is 12.1. The highest BCUT2D eigenvalue weighted by molar-refractivity contribution is 7.92. The Morgan fingerprint density at radius 1 is 1.28 bits per heavy atom. The highest BCUT2D eigenvalue weighted by Crippen LogP contribution is 2.25. The molecular formula is C16H22N2O6S. The lowest BCUT2D eigenvalue weighted by molar-refractivity contribution is -0.384. The first kappa shape index (κ1) is 19.3. The van der Waals surface area contributed by atoms with Gasteiger partial charge in [-0.15, -0.1) is 0 Å². The van der Waals surface area contributed by atoms with Crippen LogP contribution in [0.1, 0.15) is 43.8 Å². The summed E-state index contributed by atoms with van der Waals surface area (Å²) in [6.07, 6.45) is 2.02. The van der Waals surface area contributed by atoms with E-state index in [9.17, 15) is 28.4 Å². The number of aliphatic hydroxyl groups is 1. The van der Waals surface area contributed by atoms with E-state index < -0.39 is 26.8 Å². The van der Waals surface area contributed by atoms with Crippen molar-refractivity contribution in [3.05, 3.63) is 39.9 Å². The Morgan fingerprint density at radius 2 is 1.88 bits per heavy atom. The number of carbonyl (C=O) groups is 1. The van der Waals surface area contributed by atoms with Crippen molar-refractivity contribution in [2.45, 2.75) is 43.5 Å². The molecule has 138 valence electrons. The molecule has 1 aliphatic carbocycles.